The Morgan fingerprint density at radius 2 is 1.64 bits per heavy atom. The third-order valence-corrected chi connectivity index (χ3v) is 3.42. The quantitative estimate of drug-likeness (QED) is 0.551. The molecule has 0 fully saturated rings. The van der Waals surface area contributed by atoms with Crippen LogP contribution in [0.25, 0.3) is 0 Å². The third-order valence-electron chi connectivity index (χ3n) is 3.42. The maximum atomic E-state index is 5.48. The maximum Gasteiger partial charge on any atom is 0.169 e. The fraction of sp³-hybridized carbons (Fsp3) is 0.100. The molecule has 0 spiro atoms. The zero-order valence-corrected chi connectivity index (χ0v) is 14.7. The van der Waals surface area contributed by atoms with Crippen molar-refractivity contribution in [2.45, 2.75) is 6.92 Å². The van der Waals surface area contributed by atoms with Gasteiger partial charge < -0.3 is 22.5 Å². The molecule has 1 heterocycles. The van der Waals surface area contributed by atoms with Crippen LogP contribution in [0.3, 0.4) is 0 Å². The van der Waals surface area contributed by atoms with Crippen LogP contribution >= 0.6 is 0 Å². The number of ether oxygens (including phenoxy) is 1. The van der Waals surface area contributed by atoms with Crippen molar-refractivity contribution in [3.8, 4) is 5.75 Å². The Morgan fingerprint density at radius 1 is 0.960 bits per heavy atom. The second-order valence-electron chi connectivity index (χ2n) is 5.17. The number of hydrogen-bond acceptors (Lipinski definition) is 2. The molecule has 0 aliphatic carbocycles. The van der Waals surface area contributed by atoms with Crippen molar-refractivity contribution in [1.82, 2.24) is 0 Å². The van der Waals surface area contributed by atoms with E-state index in [0.29, 0.717) is 6.61 Å². The topological polar surface area (TPSA) is 47.8 Å². The van der Waals surface area contributed by atoms with Crippen LogP contribution < -0.4 is 27.4 Å². The molecule has 2 aromatic carbocycles. The molecule has 0 amide bonds. The van der Waals surface area contributed by atoms with Crippen LogP contribution in [0.2, 0.25) is 0 Å². The normalized spacial score (nSPS) is 10.7. The molecule has 0 bridgehead atoms. The monoisotopic (exact) mass is 353 g/mol. The predicted molar refractivity (Wildman–Crippen MR) is 96.9 cm³/mol. The standard InChI is InChI=1S/C20H19N3O.ClH/c1-2-24-19-10-8-17(9-11-19)22-20(16-6-4-3-5-7-16)23-18-12-14-21-15-13-18;/h3-15H,2H2,1H3,(H,21,22,23);1H. The molecule has 4 nitrogen and oxygen atoms in total. The SMILES string of the molecule is CCOc1ccc(NC(=Nc2cc[nH+]cc2)c2ccccc2)cc1.[Cl-]. The van der Waals surface area contributed by atoms with Gasteiger partial charge in [-0.25, -0.2) is 9.98 Å². The van der Waals surface area contributed by atoms with Gasteiger partial charge in [-0.15, -0.1) is 0 Å². The largest absolute Gasteiger partial charge is 1.00 e. The number of H-pyrrole nitrogens is 1. The lowest BCUT2D eigenvalue weighted by molar-refractivity contribution is -0.377. The Bertz CT molecular complexity index is 790. The van der Waals surface area contributed by atoms with E-state index >= 15 is 0 Å². The molecule has 128 valence electrons. The van der Waals surface area contributed by atoms with Crippen LogP contribution in [-0.4, -0.2) is 12.4 Å². The summed E-state index contributed by atoms with van der Waals surface area (Å²) in [7, 11) is 0. The van der Waals surface area contributed by atoms with Gasteiger partial charge in [-0.1, -0.05) is 30.3 Å². The number of aromatic nitrogens is 1. The summed E-state index contributed by atoms with van der Waals surface area (Å²) >= 11 is 0. The van der Waals surface area contributed by atoms with Crippen LogP contribution in [0.5, 0.6) is 5.75 Å². The molecule has 0 atom stereocenters. The van der Waals surface area contributed by atoms with Crippen molar-refractivity contribution in [2.24, 2.45) is 4.99 Å². The van der Waals surface area contributed by atoms with E-state index in [2.05, 4.69) is 10.3 Å². The van der Waals surface area contributed by atoms with Crippen LogP contribution in [0.15, 0.2) is 84.1 Å². The number of nitrogens with zero attached hydrogens (tertiary/aromatic N) is 1. The van der Waals surface area contributed by atoms with E-state index in [4.69, 9.17) is 9.73 Å². The first-order chi connectivity index (χ1) is 11.8. The molecule has 0 radical (unpaired) electrons. The Labute approximate surface area is 154 Å². The van der Waals surface area contributed by atoms with E-state index in [-0.39, 0.29) is 12.4 Å². The molecule has 0 saturated heterocycles. The minimum Gasteiger partial charge on any atom is -1.00 e. The van der Waals surface area contributed by atoms with Crippen LogP contribution in [0.1, 0.15) is 12.5 Å². The van der Waals surface area contributed by atoms with E-state index in [1.165, 1.54) is 0 Å². The summed E-state index contributed by atoms with van der Waals surface area (Å²) in [6.45, 7) is 2.64. The van der Waals surface area contributed by atoms with Gasteiger partial charge in [0.05, 0.1) is 12.3 Å². The minimum absolute atomic E-state index is 0. The predicted octanol–water partition coefficient (Wildman–Crippen LogP) is 1.09. The molecule has 0 saturated carbocycles. The second-order valence-corrected chi connectivity index (χ2v) is 5.17. The van der Waals surface area contributed by atoms with Gasteiger partial charge in [0.2, 0.25) is 0 Å². The van der Waals surface area contributed by atoms with Crippen molar-refractivity contribution in [3.05, 3.63) is 84.7 Å². The Morgan fingerprint density at radius 3 is 2.28 bits per heavy atom. The van der Waals surface area contributed by atoms with Gasteiger partial charge >= 0.3 is 0 Å². The first kappa shape index (κ1) is 18.5. The molecule has 2 N–H and O–H groups in total. The summed E-state index contributed by atoms with van der Waals surface area (Å²) in [6, 6.07) is 21.8. The summed E-state index contributed by atoms with van der Waals surface area (Å²) in [4.78, 5) is 7.75. The average Bonchev–Trinajstić information content (AvgIpc) is 2.65. The highest BCUT2D eigenvalue weighted by molar-refractivity contribution is 6.09. The maximum absolute atomic E-state index is 5.48. The van der Waals surface area contributed by atoms with Gasteiger partial charge in [0.1, 0.15) is 11.6 Å². The number of aromatic amines is 1. The van der Waals surface area contributed by atoms with E-state index in [0.717, 1.165) is 28.5 Å². The molecular weight excluding hydrogens is 334 g/mol. The molecule has 3 rings (SSSR count). The summed E-state index contributed by atoms with van der Waals surface area (Å²) in [5.41, 5.74) is 2.87. The summed E-state index contributed by atoms with van der Waals surface area (Å²) < 4.78 is 5.48. The first-order valence-corrected chi connectivity index (χ1v) is 7.95. The average molecular weight is 354 g/mol. The summed E-state index contributed by atoms with van der Waals surface area (Å²) in [5, 5.41) is 3.40. The van der Waals surface area contributed by atoms with Crippen LogP contribution in [0, 0.1) is 0 Å². The molecule has 1 aromatic heterocycles. The zero-order chi connectivity index (χ0) is 16.6. The lowest BCUT2D eigenvalue weighted by atomic mass is 10.2. The number of hydrogen-bond donors (Lipinski definition) is 1. The molecule has 3 aromatic rings. The molecule has 0 unspecified atom stereocenters. The number of halogens is 1. The Balaban J connectivity index is 0.00000225. The zero-order valence-electron chi connectivity index (χ0n) is 13.9. The minimum atomic E-state index is 0. The van der Waals surface area contributed by atoms with Gasteiger partial charge in [-0.3, -0.25) is 0 Å². The van der Waals surface area contributed by atoms with E-state index in [9.17, 15) is 0 Å². The summed E-state index contributed by atoms with van der Waals surface area (Å²) in [6.07, 6.45) is 3.72. The summed E-state index contributed by atoms with van der Waals surface area (Å²) in [5.74, 6) is 1.66. The molecule has 0 aliphatic heterocycles. The Kier molecular flexibility index (Phi) is 6.99. The van der Waals surface area contributed by atoms with Gasteiger partial charge in [0, 0.05) is 23.4 Å². The molecule has 5 heteroatoms. The smallest absolute Gasteiger partial charge is 0.169 e. The van der Waals surface area contributed by atoms with Crippen LogP contribution in [-0.2, 0) is 0 Å². The number of benzene rings is 2. The highest BCUT2D eigenvalue weighted by Gasteiger charge is 2.05. The number of aliphatic imine (C=N–C) groups is 1. The van der Waals surface area contributed by atoms with E-state index < -0.39 is 0 Å². The third kappa shape index (κ3) is 5.33. The van der Waals surface area contributed by atoms with Gasteiger partial charge in [-0.05, 0) is 31.2 Å². The van der Waals surface area contributed by atoms with Crippen molar-refractivity contribution < 1.29 is 22.1 Å². The highest BCUT2D eigenvalue weighted by atomic mass is 35.5. The number of amidine groups is 1. The van der Waals surface area contributed by atoms with Crippen LogP contribution in [0.4, 0.5) is 11.4 Å². The molecular formula is C20H20ClN3O. The number of pyridine rings is 1. The number of rotatable bonds is 5. The fourth-order valence-corrected chi connectivity index (χ4v) is 2.28. The molecule has 25 heavy (non-hydrogen) atoms. The second kappa shape index (κ2) is 9.45. The Hall–Kier alpha value is -2.85. The van der Waals surface area contributed by atoms with E-state index in [1.54, 1.807) is 0 Å². The highest BCUT2D eigenvalue weighted by Crippen LogP contribution is 2.18. The lowest BCUT2D eigenvalue weighted by Crippen LogP contribution is -3.00. The van der Waals surface area contributed by atoms with Crippen molar-refractivity contribution in [2.75, 3.05) is 11.9 Å². The van der Waals surface area contributed by atoms with E-state index in [1.807, 2.05) is 86.0 Å². The lowest BCUT2D eigenvalue weighted by Gasteiger charge is -2.11. The molecule has 0 aliphatic rings. The van der Waals surface area contributed by atoms with Crippen molar-refractivity contribution in [3.63, 3.8) is 0 Å². The van der Waals surface area contributed by atoms with Crippen molar-refractivity contribution in [1.29, 1.82) is 0 Å². The van der Waals surface area contributed by atoms with Gasteiger partial charge in [-0.2, -0.15) is 0 Å². The fourth-order valence-electron chi connectivity index (χ4n) is 2.28. The van der Waals surface area contributed by atoms with Crippen molar-refractivity contribution >= 4 is 17.2 Å². The number of nitrogens with one attached hydrogen (secondary N) is 2. The first-order valence-electron chi connectivity index (χ1n) is 7.95. The van der Waals surface area contributed by atoms with Gasteiger partial charge in [0.15, 0.2) is 12.4 Å². The van der Waals surface area contributed by atoms with Gasteiger partial charge in [0.25, 0.3) is 0 Å². The number of anilines is 1.